The fourth-order valence-electron chi connectivity index (χ4n) is 4.32. The fourth-order valence-corrected chi connectivity index (χ4v) is 5.76. The maximum atomic E-state index is 14.1. The molecule has 3 aromatic rings. The van der Waals surface area contributed by atoms with Crippen LogP contribution in [-0.4, -0.2) is 51.4 Å². The Morgan fingerprint density at radius 2 is 1.65 bits per heavy atom. The van der Waals surface area contributed by atoms with Crippen LogP contribution < -0.4 is 14.4 Å². The second kappa shape index (κ2) is 14.0. The van der Waals surface area contributed by atoms with Crippen molar-refractivity contribution < 1.29 is 22.7 Å². The molecule has 0 heterocycles. The van der Waals surface area contributed by atoms with Gasteiger partial charge in [0.25, 0.3) is 10.0 Å². The molecule has 40 heavy (non-hydrogen) atoms. The summed E-state index contributed by atoms with van der Waals surface area (Å²) in [6.45, 7) is 7.61. The van der Waals surface area contributed by atoms with Gasteiger partial charge in [0.2, 0.25) is 11.8 Å². The van der Waals surface area contributed by atoms with E-state index in [0.717, 1.165) is 33.8 Å². The van der Waals surface area contributed by atoms with Gasteiger partial charge in [-0.05, 0) is 68.1 Å². The highest BCUT2D eigenvalue weighted by Crippen LogP contribution is 2.33. The number of sulfonamides is 1. The van der Waals surface area contributed by atoms with E-state index in [1.807, 2.05) is 51.1 Å². The molecule has 214 valence electrons. The van der Waals surface area contributed by atoms with Crippen LogP contribution >= 0.6 is 0 Å². The van der Waals surface area contributed by atoms with Gasteiger partial charge in [0.05, 0.1) is 17.7 Å². The average Bonchev–Trinajstić information content (AvgIpc) is 2.95. The van der Waals surface area contributed by atoms with Crippen molar-refractivity contribution in [2.45, 2.75) is 58.0 Å². The molecule has 8 nitrogen and oxygen atoms in total. The smallest absolute Gasteiger partial charge is 0.264 e. The molecule has 0 unspecified atom stereocenters. The Hall–Kier alpha value is -3.85. The van der Waals surface area contributed by atoms with Crippen molar-refractivity contribution in [2.24, 2.45) is 0 Å². The van der Waals surface area contributed by atoms with Crippen LogP contribution in [0.25, 0.3) is 0 Å². The number of nitrogens with one attached hydrogen (secondary N) is 1. The lowest BCUT2D eigenvalue weighted by Gasteiger charge is -2.32. The Kier molecular flexibility index (Phi) is 10.7. The van der Waals surface area contributed by atoms with Crippen LogP contribution in [-0.2, 0) is 26.2 Å². The molecule has 2 amide bonds. The third kappa shape index (κ3) is 7.41. The maximum Gasteiger partial charge on any atom is 0.264 e. The SMILES string of the molecule is CCCCNC(=O)[C@H](C)N(Cc1ccccc1C)C(=O)CN(c1cc(C)ccc1OC)S(=O)(=O)c1ccccc1. The third-order valence-corrected chi connectivity index (χ3v) is 8.59. The van der Waals surface area contributed by atoms with Crippen LogP contribution in [0.1, 0.15) is 43.4 Å². The van der Waals surface area contributed by atoms with Crippen LogP contribution in [0.15, 0.2) is 77.7 Å². The Bertz CT molecular complexity index is 1410. The highest BCUT2D eigenvalue weighted by Gasteiger charge is 2.34. The first-order valence-corrected chi connectivity index (χ1v) is 14.9. The predicted octanol–water partition coefficient (Wildman–Crippen LogP) is 4.84. The number of anilines is 1. The zero-order valence-electron chi connectivity index (χ0n) is 23.9. The summed E-state index contributed by atoms with van der Waals surface area (Å²) in [4.78, 5) is 28.7. The number of rotatable bonds is 13. The van der Waals surface area contributed by atoms with E-state index < -0.39 is 28.5 Å². The van der Waals surface area contributed by atoms with E-state index in [9.17, 15) is 18.0 Å². The summed E-state index contributed by atoms with van der Waals surface area (Å²) < 4.78 is 34.5. The van der Waals surface area contributed by atoms with Crippen molar-refractivity contribution in [3.63, 3.8) is 0 Å². The molecule has 0 aliphatic heterocycles. The number of aryl methyl sites for hydroxylation is 2. The molecule has 0 spiro atoms. The highest BCUT2D eigenvalue weighted by molar-refractivity contribution is 7.92. The monoisotopic (exact) mass is 565 g/mol. The minimum absolute atomic E-state index is 0.0437. The number of hydrogen-bond acceptors (Lipinski definition) is 5. The van der Waals surface area contributed by atoms with Crippen LogP contribution in [0.2, 0.25) is 0 Å². The summed E-state index contributed by atoms with van der Waals surface area (Å²) >= 11 is 0. The van der Waals surface area contributed by atoms with E-state index in [1.165, 1.54) is 24.1 Å². The highest BCUT2D eigenvalue weighted by atomic mass is 32.2. The van der Waals surface area contributed by atoms with Gasteiger partial charge in [0, 0.05) is 13.1 Å². The largest absolute Gasteiger partial charge is 0.495 e. The van der Waals surface area contributed by atoms with Gasteiger partial charge in [-0.1, -0.05) is 61.9 Å². The van der Waals surface area contributed by atoms with Gasteiger partial charge in [-0.2, -0.15) is 0 Å². The standard InChI is InChI=1S/C31H39N3O5S/c1-6-7-19-32-31(36)25(4)33(21-26-14-12-11-13-24(26)3)30(35)22-34(28-20-23(2)17-18-29(28)39-5)40(37,38)27-15-9-8-10-16-27/h8-18,20,25H,6-7,19,21-22H2,1-5H3,(H,32,36)/t25-/m0/s1. The first kappa shape index (κ1) is 30.7. The molecule has 3 aromatic carbocycles. The lowest BCUT2D eigenvalue weighted by atomic mass is 10.1. The number of carbonyl (C=O) groups is 2. The molecule has 0 aliphatic carbocycles. The van der Waals surface area contributed by atoms with Gasteiger partial charge in [-0.15, -0.1) is 0 Å². The number of benzene rings is 3. The van der Waals surface area contributed by atoms with Crippen LogP contribution in [0.4, 0.5) is 5.69 Å². The normalized spacial score (nSPS) is 11.9. The Labute approximate surface area is 238 Å². The Morgan fingerprint density at radius 1 is 0.975 bits per heavy atom. The topological polar surface area (TPSA) is 96.0 Å². The third-order valence-electron chi connectivity index (χ3n) is 6.81. The maximum absolute atomic E-state index is 14.1. The van der Waals surface area contributed by atoms with Gasteiger partial charge in [-0.3, -0.25) is 13.9 Å². The van der Waals surface area contributed by atoms with Crippen molar-refractivity contribution in [3.05, 3.63) is 89.5 Å². The average molecular weight is 566 g/mol. The first-order valence-electron chi connectivity index (χ1n) is 13.4. The Morgan fingerprint density at radius 3 is 2.30 bits per heavy atom. The molecule has 9 heteroatoms. The summed E-state index contributed by atoms with van der Waals surface area (Å²) in [6.07, 6.45) is 1.74. The van der Waals surface area contributed by atoms with E-state index in [0.29, 0.717) is 12.3 Å². The van der Waals surface area contributed by atoms with E-state index in [-0.39, 0.29) is 23.0 Å². The summed E-state index contributed by atoms with van der Waals surface area (Å²) in [6, 6.07) is 19.9. The van der Waals surface area contributed by atoms with Crippen molar-refractivity contribution in [1.82, 2.24) is 10.2 Å². The number of unbranched alkanes of at least 4 members (excludes halogenated alkanes) is 1. The van der Waals surface area contributed by atoms with Crippen molar-refractivity contribution >= 4 is 27.5 Å². The van der Waals surface area contributed by atoms with Gasteiger partial charge < -0.3 is 15.0 Å². The number of methoxy groups -OCH3 is 1. The summed E-state index contributed by atoms with van der Waals surface area (Å²) in [5.41, 5.74) is 2.88. The minimum Gasteiger partial charge on any atom is -0.495 e. The molecule has 0 bridgehead atoms. The lowest BCUT2D eigenvalue weighted by molar-refractivity contribution is -0.139. The zero-order chi connectivity index (χ0) is 29.3. The van der Waals surface area contributed by atoms with Crippen LogP contribution in [0.3, 0.4) is 0 Å². The van der Waals surface area contributed by atoms with Crippen LogP contribution in [0.5, 0.6) is 5.75 Å². The minimum atomic E-state index is -4.17. The van der Waals surface area contributed by atoms with E-state index in [1.54, 1.807) is 37.3 Å². The van der Waals surface area contributed by atoms with Crippen molar-refractivity contribution in [2.75, 3.05) is 24.5 Å². The molecule has 1 atom stereocenters. The number of carbonyl (C=O) groups excluding carboxylic acids is 2. The van der Waals surface area contributed by atoms with Gasteiger partial charge in [-0.25, -0.2) is 8.42 Å². The van der Waals surface area contributed by atoms with Crippen molar-refractivity contribution in [3.8, 4) is 5.75 Å². The molecule has 0 aliphatic rings. The fraction of sp³-hybridized carbons (Fsp3) is 0.355. The Balaban J connectivity index is 2.07. The van der Waals surface area contributed by atoms with Gasteiger partial charge >= 0.3 is 0 Å². The number of ether oxygens (including phenoxy) is 1. The summed E-state index contributed by atoms with van der Waals surface area (Å²) in [7, 11) is -2.72. The first-order chi connectivity index (χ1) is 19.1. The van der Waals surface area contributed by atoms with E-state index in [4.69, 9.17) is 4.74 Å². The number of amides is 2. The molecular formula is C31H39N3O5S. The molecule has 3 rings (SSSR count). The second-order valence-corrected chi connectivity index (χ2v) is 11.6. The molecule has 0 fully saturated rings. The lowest BCUT2D eigenvalue weighted by Crippen LogP contribution is -2.51. The van der Waals surface area contributed by atoms with E-state index >= 15 is 0 Å². The summed E-state index contributed by atoms with van der Waals surface area (Å²) in [5, 5.41) is 2.90. The molecular weight excluding hydrogens is 526 g/mol. The van der Waals surface area contributed by atoms with Gasteiger partial charge in [0.1, 0.15) is 18.3 Å². The molecule has 0 radical (unpaired) electrons. The van der Waals surface area contributed by atoms with Gasteiger partial charge in [0.15, 0.2) is 0 Å². The van der Waals surface area contributed by atoms with Crippen molar-refractivity contribution in [1.29, 1.82) is 0 Å². The molecule has 0 saturated carbocycles. The summed E-state index contributed by atoms with van der Waals surface area (Å²) in [5.74, 6) is -0.487. The number of hydrogen-bond donors (Lipinski definition) is 1. The van der Waals surface area contributed by atoms with E-state index in [2.05, 4.69) is 5.32 Å². The number of nitrogens with zero attached hydrogens (tertiary/aromatic N) is 2. The second-order valence-electron chi connectivity index (χ2n) is 9.77. The molecule has 1 N–H and O–H groups in total. The quantitative estimate of drug-likeness (QED) is 0.299. The molecule has 0 saturated heterocycles. The van der Waals surface area contributed by atoms with Crippen LogP contribution in [0, 0.1) is 13.8 Å². The zero-order valence-corrected chi connectivity index (χ0v) is 24.7. The molecule has 0 aromatic heterocycles. The predicted molar refractivity (Wildman–Crippen MR) is 158 cm³/mol.